The maximum Gasteiger partial charge on any atom is 0.244 e. The number of para-hydroxylation sites is 3. The average Bonchev–Trinajstić information content (AvgIpc) is 2.61. The molecule has 0 bridgehead atoms. The van der Waals surface area contributed by atoms with Crippen LogP contribution in [0, 0.1) is 6.92 Å². The quantitative estimate of drug-likeness (QED) is 0.819. The highest BCUT2D eigenvalue weighted by Crippen LogP contribution is 2.27. The molecule has 138 valence electrons. The van der Waals surface area contributed by atoms with Crippen LogP contribution < -0.4 is 15.0 Å². The maximum atomic E-state index is 12.6. The van der Waals surface area contributed by atoms with E-state index >= 15 is 0 Å². The molecule has 0 aromatic heterocycles. The summed E-state index contributed by atoms with van der Waals surface area (Å²) in [5, 5.41) is 2.85. The summed E-state index contributed by atoms with van der Waals surface area (Å²) in [5.41, 5.74) is 3.43. The Morgan fingerprint density at radius 3 is 2.46 bits per heavy atom. The van der Waals surface area contributed by atoms with Crippen LogP contribution in [0.3, 0.4) is 0 Å². The van der Waals surface area contributed by atoms with Gasteiger partial charge in [-0.15, -0.1) is 0 Å². The van der Waals surface area contributed by atoms with Gasteiger partial charge in [0.05, 0.1) is 18.0 Å². The number of amides is 2. The molecule has 0 atom stereocenters. The van der Waals surface area contributed by atoms with Gasteiger partial charge in [0.25, 0.3) is 0 Å². The van der Waals surface area contributed by atoms with Crippen LogP contribution in [0.5, 0.6) is 5.75 Å². The van der Waals surface area contributed by atoms with Crippen molar-refractivity contribution in [2.75, 3.05) is 23.4 Å². The molecule has 0 aliphatic carbocycles. The number of nitrogens with zero attached hydrogens (tertiary/aromatic N) is 1. The lowest BCUT2D eigenvalue weighted by molar-refractivity contribution is -0.120. The fourth-order valence-electron chi connectivity index (χ4n) is 2.92. The molecule has 0 spiro atoms. The third-order valence-corrected chi connectivity index (χ3v) is 4.11. The van der Waals surface area contributed by atoms with E-state index in [9.17, 15) is 9.59 Å². The molecule has 0 saturated carbocycles. The zero-order valence-electron chi connectivity index (χ0n) is 15.8. The Morgan fingerprint density at radius 1 is 1.08 bits per heavy atom. The summed E-state index contributed by atoms with van der Waals surface area (Å²) in [6.07, 6.45) is 0.787. The number of aryl methyl sites for hydroxylation is 2. The zero-order valence-corrected chi connectivity index (χ0v) is 15.8. The monoisotopic (exact) mass is 354 g/mol. The predicted molar refractivity (Wildman–Crippen MR) is 105 cm³/mol. The molecule has 2 rings (SSSR count). The van der Waals surface area contributed by atoms with Gasteiger partial charge in [-0.05, 0) is 43.5 Å². The third-order valence-electron chi connectivity index (χ3n) is 4.11. The molecule has 1 N–H and O–H groups in total. The number of nitrogens with one attached hydrogen (secondary N) is 1. The Bertz CT molecular complexity index is 787. The molecule has 0 saturated heterocycles. The minimum Gasteiger partial charge on any atom is -0.492 e. The van der Waals surface area contributed by atoms with Gasteiger partial charge in [-0.2, -0.15) is 0 Å². The lowest BCUT2D eigenvalue weighted by Crippen LogP contribution is -2.37. The van der Waals surface area contributed by atoms with Crippen molar-refractivity contribution in [2.45, 2.75) is 34.1 Å². The van der Waals surface area contributed by atoms with E-state index < -0.39 is 0 Å². The molecule has 0 fully saturated rings. The molecule has 0 radical (unpaired) electrons. The Hall–Kier alpha value is -2.82. The van der Waals surface area contributed by atoms with Gasteiger partial charge >= 0.3 is 0 Å². The molecular weight excluding hydrogens is 328 g/mol. The number of benzene rings is 2. The van der Waals surface area contributed by atoms with Crippen molar-refractivity contribution < 1.29 is 14.3 Å². The Balaban J connectivity index is 2.24. The largest absolute Gasteiger partial charge is 0.492 e. The summed E-state index contributed by atoms with van der Waals surface area (Å²) in [5.74, 6) is 0.183. The summed E-state index contributed by atoms with van der Waals surface area (Å²) in [4.78, 5) is 26.4. The molecule has 5 heteroatoms. The molecule has 2 amide bonds. The van der Waals surface area contributed by atoms with Gasteiger partial charge in [-0.1, -0.05) is 37.3 Å². The zero-order chi connectivity index (χ0) is 19.1. The van der Waals surface area contributed by atoms with Crippen LogP contribution in [-0.4, -0.2) is 25.0 Å². The smallest absolute Gasteiger partial charge is 0.244 e. The first kappa shape index (κ1) is 19.5. The van der Waals surface area contributed by atoms with Crippen molar-refractivity contribution in [3.8, 4) is 5.75 Å². The van der Waals surface area contributed by atoms with Gasteiger partial charge < -0.3 is 15.0 Å². The number of rotatable bonds is 7. The second kappa shape index (κ2) is 9.04. The van der Waals surface area contributed by atoms with Crippen molar-refractivity contribution in [1.29, 1.82) is 0 Å². The van der Waals surface area contributed by atoms with Gasteiger partial charge in [0.1, 0.15) is 12.3 Å². The van der Waals surface area contributed by atoms with Crippen molar-refractivity contribution >= 4 is 23.2 Å². The van der Waals surface area contributed by atoms with E-state index in [2.05, 4.69) is 5.32 Å². The maximum absolute atomic E-state index is 12.6. The first-order chi connectivity index (χ1) is 12.5. The van der Waals surface area contributed by atoms with Gasteiger partial charge in [-0.25, -0.2) is 0 Å². The predicted octanol–water partition coefficient (Wildman–Crippen LogP) is 3.95. The second-order valence-corrected chi connectivity index (χ2v) is 6.02. The first-order valence-electron chi connectivity index (χ1n) is 8.86. The number of ether oxygens (including phenoxy) is 1. The Labute approximate surface area is 155 Å². The van der Waals surface area contributed by atoms with Crippen molar-refractivity contribution in [2.24, 2.45) is 0 Å². The number of carbonyl (C=O) groups excluding carboxylic acids is 2. The molecule has 0 aliphatic rings. The van der Waals surface area contributed by atoms with Gasteiger partial charge in [0.15, 0.2) is 0 Å². The minimum absolute atomic E-state index is 0.0480. The van der Waals surface area contributed by atoms with Crippen LogP contribution >= 0.6 is 0 Å². The van der Waals surface area contributed by atoms with Crippen LogP contribution in [0.4, 0.5) is 11.4 Å². The molecule has 26 heavy (non-hydrogen) atoms. The van der Waals surface area contributed by atoms with Gasteiger partial charge in [0, 0.05) is 6.92 Å². The lowest BCUT2D eigenvalue weighted by Gasteiger charge is -2.25. The number of carbonyl (C=O) groups is 2. The lowest BCUT2D eigenvalue weighted by atomic mass is 10.0. The third kappa shape index (κ3) is 4.63. The van der Waals surface area contributed by atoms with E-state index in [1.807, 2.05) is 51.1 Å². The highest BCUT2D eigenvalue weighted by Gasteiger charge is 2.20. The number of hydrogen-bond acceptors (Lipinski definition) is 3. The molecule has 0 heterocycles. The van der Waals surface area contributed by atoms with Crippen LogP contribution in [0.15, 0.2) is 42.5 Å². The molecular formula is C21H26N2O3. The summed E-state index contributed by atoms with van der Waals surface area (Å²) in [6, 6.07) is 13.2. The van der Waals surface area contributed by atoms with Crippen LogP contribution in [0.2, 0.25) is 0 Å². The summed E-state index contributed by atoms with van der Waals surface area (Å²) >= 11 is 0. The highest BCUT2D eigenvalue weighted by atomic mass is 16.5. The SMILES string of the molecule is CCOc1ccccc1NC(=O)CN(C(C)=O)c1c(C)cccc1CC. The van der Waals surface area contributed by atoms with Crippen LogP contribution in [-0.2, 0) is 16.0 Å². The standard InChI is InChI=1S/C21H26N2O3/c1-5-17-11-9-10-15(3)21(17)23(16(4)24)14-20(25)22-18-12-7-8-13-19(18)26-6-2/h7-13H,5-6,14H2,1-4H3,(H,22,25). The molecule has 0 aliphatic heterocycles. The fraction of sp³-hybridized carbons (Fsp3) is 0.333. The minimum atomic E-state index is -0.266. The van der Waals surface area contributed by atoms with Crippen molar-refractivity contribution in [3.63, 3.8) is 0 Å². The summed E-state index contributed by atoms with van der Waals surface area (Å²) in [6.45, 7) is 7.82. The second-order valence-electron chi connectivity index (χ2n) is 6.02. The fourth-order valence-corrected chi connectivity index (χ4v) is 2.92. The number of hydrogen-bond donors (Lipinski definition) is 1. The normalized spacial score (nSPS) is 10.3. The molecule has 2 aromatic rings. The average molecular weight is 354 g/mol. The van der Waals surface area contributed by atoms with E-state index in [0.29, 0.717) is 18.0 Å². The van der Waals surface area contributed by atoms with E-state index in [-0.39, 0.29) is 18.4 Å². The summed E-state index contributed by atoms with van der Waals surface area (Å²) < 4.78 is 5.54. The van der Waals surface area contributed by atoms with Crippen LogP contribution in [0.1, 0.15) is 31.9 Å². The van der Waals surface area contributed by atoms with Crippen molar-refractivity contribution in [1.82, 2.24) is 0 Å². The van der Waals surface area contributed by atoms with E-state index in [4.69, 9.17) is 4.74 Å². The number of anilines is 2. The Morgan fingerprint density at radius 2 is 1.81 bits per heavy atom. The van der Waals surface area contributed by atoms with E-state index in [1.165, 1.54) is 11.8 Å². The first-order valence-corrected chi connectivity index (χ1v) is 8.86. The van der Waals surface area contributed by atoms with Crippen LogP contribution in [0.25, 0.3) is 0 Å². The van der Waals surface area contributed by atoms with Gasteiger partial charge in [-0.3, -0.25) is 9.59 Å². The highest BCUT2D eigenvalue weighted by molar-refractivity contribution is 6.03. The molecule has 5 nitrogen and oxygen atoms in total. The topological polar surface area (TPSA) is 58.6 Å². The molecule has 2 aromatic carbocycles. The van der Waals surface area contributed by atoms with Crippen molar-refractivity contribution in [3.05, 3.63) is 53.6 Å². The van der Waals surface area contributed by atoms with E-state index in [1.54, 1.807) is 12.1 Å². The van der Waals surface area contributed by atoms with E-state index in [0.717, 1.165) is 23.2 Å². The Kier molecular flexibility index (Phi) is 6.78. The van der Waals surface area contributed by atoms with Gasteiger partial charge in [0.2, 0.25) is 11.8 Å². The summed E-state index contributed by atoms with van der Waals surface area (Å²) in [7, 11) is 0. The molecule has 0 unspecified atom stereocenters.